The topological polar surface area (TPSA) is 58.2 Å². The van der Waals surface area contributed by atoms with Gasteiger partial charge in [-0.1, -0.05) is 0 Å². The molecular weight excluding hydrogens is 260 g/mol. The summed E-state index contributed by atoms with van der Waals surface area (Å²) >= 11 is 0. The number of rotatable bonds is 3. The van der Waals surface area contributed by atoms with Crippen LogP contribution in [0.3, 0.4) is 0 Å². The molecule has 0 aromatic heterocycles. The molecule has 1 unspecified atom stereocenters. The molecule has 4 bridgehead atoms. The van der Waals surface area contributed by atoms with Crippen LogP contribution in [0.4, 0.5) is 0 Å². The summed E-state index contributed by atoms with van der Waals surface area (Å²) < 4.78 is 28.3. The first-order valence-corrected chi connectivity index (χ1v) is 9.33. The fourth-order valence-electron chi connectivity index (χ4n) is 5.51. The maximum absolute atomic E-state index is 12.6. The Morgan fingerprint density at radius 3 is 2.05 bits per heavy atom. The lowest BCUT2D eigenvalue weighted by Gasteiger charge is -2.56. The van der Waals surface area contributed by atoms with E-state index in [0.29, 0.717) is 6.54 Å². The zero-order valence-electron chi connectivity index (χ0n) is 11.4. The first-order valence-electron chi connectivity index (χ1n) is 7.78. The average molecular weight is 284 g/mol. The molecule has 1 heterocycles. The third-order valence-corrected chi connectivity index (χ3v) is 7.85. The van der Waals surface area contributed by atoms with Crippen LogP contribution in [-0.4, -0.2) is 32.3 Å². The molecule has 0 spiro atoms. The smallest absolute Gasteiger partial charge is 0.216 e. The molecule has 1 saturated heterocycles. The van der Waals surface area contributed by atoms with E-state index in [1.807, 2.05) is 0 Å². The lowest BCUT2D eigenvalue weighted by molar-refractivity contribution is -0.00820. The van der Waals surface area contributed by atoms with Crippen LogP contribution in [0.15, 0.2) is 0 Å². The van der Waals surface area contributed by atoms with Crippen LogP contribution in [0, 0.1) is 17.8 Å². The largest absolute Gasteiger partial charge is 0.315 e. The lowest BCUT2D eigenvalue weighted by Crippen LogP contribution is -2.61. The number of sulfonamides is 1. The predicted octanol–water partition coefficient (Wildman–Crippen LogP) is 1.24. The second-order valence-corrected chi connectivity index (χ2v) is 9.42. The maximum atomic E-state index is 12.6. The van der Waals surface area contributed by atoms with Crippen molar-refractivity contribution in [2.75, 3.05) is 13.1 Å². The van der Waals surface area contributed by atoms with Gasteiger partial charge in [-0.3, -0.25) is 0 Å². The zero-order valence-corrected chi connectivity index (χ0v) is 12.2. The molecule has 4 saturated carbocycles. The molecule has 108 valence electrons. The van der Waals surface area contributed by atoms with Gasteiger partial charge in [-0.05, 0) is 69.2 Å². The van der Waals surface area contributed by atoms with Crippen molar-refractivity contribution in [3.8, 4) is 0 Å². The van der Waals surface area contributed by atoms with E-state index in [4.69, 9.17) is 0 Å². The Bertz CT molecular complexity index is 433. The molecule has 5 heteroatoms. The fraction of sp³-hybridized carbons (Fsp3) is 1.00. The van der Waals surface area contributed by atoms with Crippen molar-refractivity contribution >= 4 is 10.0 Å². The molecule has 0 amide bonds. The summed E-state index contributed by atoms with van der Waals surface area (Å²) in [5.41, 5.74) is -0.0732. The van der Waals surface area contributed by atoms with Crippen molar-refractivity contribution in [1.29, 1.82) is 0 Å². The molecule has 5 rings (SSSR count). The highest BCUT2D eigenvalue weighted by molar-refractivity contribution is 7.90. The van der Waals surface area contributed by atoms with Gasteiger partial charge < -0.3 is 5.32 Å². The van der Waals surface area contributed by atoms with Gasteiger partial charge in [0.2, 0.25) is 10.0 Å². The minimum Gasteiger partial charge on any atom is -0.315 e. The monoisotopic (exact) mass is 284 g/mol. The highest BCUT2D eigenvalue weighted by atomic mass is 32.2. The Labute approximate surface area is 115 Å². The van der Waals surface area contributed by atoms with E-state index in [1.54, 1.807) is 0 Å². The normalized spacial score (nSPS) is 48.8. The van der Waals surface area contributed by atoms with Crippen LogP contribution in [0.1, 0.15) is 44.9 Å². The second kappa shape index (κ2) is 4.18. The molecule has 0 aromatic rings. The molecular formula is C14H24N2O2S. The van der Waals surface area contributed by atoms with Crippen LogP contribution < -0.4 is 10.0 Å². The molecule has 4 nitrogen and oxygen atoms in total. The minimum atomic E-state index is -3.14. The van der Waals surface area contributed by atoms with Gasteiger partial charge >= 0.3 is 0 Å². The van der Waals surface area contributed by atoms with Gasteiger partial charge in [0.15, 0.2) is 0 Å². The summed E-state index contributed by atoms with van der Waals surface area (Å²) in [6, 6.07) is 0. The Hall–Kier alpha value is -0.130. The highest BCUT2D eigenvalue weighted by Gasteiger charge is 2.52. The van der Waals surface area contributed by atoms with E-state index >= 15 is 0 Å². The van der Waals surface area contributed by atoms with Gasteiger partial charge in [-0.25, -0.2) is 13.1 Å². The van der Waals surface area contributed by atoms with Crippen LogP contribution in [0.25, 0.3) is 0 Å². The maximum Gasteiger partial charge on any atom is 0.216 e. The van der Waals surface area contributed by atoms with Gasteiger partial charge in [-0.2, -0.15) is 0 Å². The quantitative estimate of drug-likeness (QED) is 0.820. The molecule has 1 aliphatic heterocycles. The third kappa shape index (κ3) is 2.14. The standard InChI is InChI=1S/C14H24N2O2S/c17-19(18,13-1-2-15-9-13)16-14-6-10-3-11(7-14)5-12(4-10)8-14/h10-13,15-16H,1-9H2. The van der Waals surface area contributed by atoms with Crippen molar-refractivity contribution in [2.45, 2.75) is 55.7 Å². The Morgan fingerprint density at radius 2 is 1.58 bits per heavy atom. The van der Waals surface area contributed by atoms with Gasteiger partial charge in [0.25, 0.3) is 0 Å². The third-order valence-electron chi connectivity index (χ3n) is 5.85. The predicted molar refractivity (Wildman–Crippen MR) is 74.2 cm³/mol. The summed E-state index contributed by atoms with van der Waals surface area (Å²) in [6.45, 7) is 1.47. The zero-order chi connectivity index (χ0) is 13.1. The van der Waals surface area contributed by atoms with E-state index in [9.17, 15) is 8.42 Å². The fourth-order valence-corrected chi connectivity index (χ4v) is 7.30. The number of hydrogen-bond acceptors (Lipinski definition) is 3. The van der Waals surface area contributed by atoms with Gasteiger partial charge in [-0.15, -0.1) is 0 Å². The van der Waals surface area contributed by atoms with Crippen LogP contribution in [0.5, 0.6) is 0 Å². The average Bonchev–Trinajstić information content (AvgIpc) is 2.78. The number of hydrogen-bond donors (Lipinski definition) is 2. The Kier molecular flexibility index (Phi) is 2.77. The SMILES string of the molecule is O=S(=O)(NC12CC3CC(CC(C3)C1)C2)C1CCNC1. The van der Waals surface area contributed by atoms with Crippen molar-refractivity contribution in [3.63, 3.8) is 0 Å². The first-order chi connectivity index (χ1) is 9.05. The molecule has 2 N–H and O–H groups in total. The molecule has 0 radical (unpaired) electrons. The van der Waals surface area contributed by atoms with E-state index in [1.165, 1.54) is 19.3 Å². The second-order valence-electron chi connectivity index (χ2n) is 7.46. The molecule has 19 heavy (non-hydrogen) atoms. The molecule has 4 aliphatic carbocycles. The number of nitrogens with one attached hydrogen (secondary N) is 2. The molecule has 1 atom stereocenters. The van der Waals surface area contributed by atoms with Gasteiger partial charge in [0.1, 0.15) is 0 Å². The van der Waals surface area contributed by atoms with E-state index in [2.05, 4.69) is 10.0 Å². The van der Waals surface area contributed by atoms with Gasteiger partial charge in [0.05, 0.1) is 5.25 Å². The summed E-state index contributed by atoms with van der Waals surface area (Å²) in [4.78, 5) is 0. The summed E-state index contributed by atoms with van der Waals surface area (Å²) in [7, 11) is -3.14. The van der Waals surface area contributed by atoms with E-state index < -0.39 is 10.0 Å². The van der Waals surface area contributed by atoms with Crippen molar-refractivity contribution < 1.29 is 8.42 Å². The van der Waals surface area contributed by atoms with Crippen LogP contribution >= 0.6 is 0 Å². The van der Waals surface area contributed by atoms with Crippen molar-refractivity contribution in [2.24, 2.45) is 17.8 Å². The van der Waals surface area contributed by atoms with Gasteiger partial charge in [0, 0.05) is 12.1 Å². The summed E-state index contributed by atoms with van der Waals surface area (Å²) in [5, 5.41) is 2.96. The highest BCUT2D eigenvalue weighted by Crippen LogP contribution is 2.55. The van der Waals surface area contributed by atoms with Crippen molar-refractivity contribution in [1.82, 2.24) is 10.0 Å². The Balaban J connectivity index is 1.56. The van der Waals surface area contributed by atoms with Crippen LogP contribution in [0.2, 0.25) is 0 Å². The molecule has 0 aromatic carbocycles. The van der Waals surface area contributed by atoms with Crippen LogP contribution in [-0.2, 0) is 10.0 Å². The molecule has 5 fully saturated rings. The molecule has 5 aliphatic rings. The Morgan fingerprint density at radius 1 is 1.00 bits per heavy atom. The van der Waals surface area contributed by atoms with Crippen molar-refractivity contribution in [3.05, 3.63) is 0 Å². The van der Waals surface area contributed by atoms with E-state index in [0.717, 1.165) is 50.0 Å². The summed E-state index contributed by atoms with van der Waals surface area (Å²) in [6.07, 6.45) is 8.11. The first kappa shape index (κ1) is 12.6. The lowest BCUT2D eigenvalue weighted by atomic mass is 9.53. The van der Waals surface area contributed by atoms with E-state index in [-0.39, 0.29) is 10.8 Å². The minimum absolute atomic E-state index is 0.0732. The summed E-state index contributed by atoms with van der Waals surface area (Å²) in [5.74, 6) is 2.36.